The Bertz CT molecular complexity index is 167. The van der Waals surface area contributed by atoms with Crippen LogP contribution in [0.5, 0.6) is 0 Å². The summed E-state index contributed by atoms with van der Waals surface area (Å²) in [4.78, 5) is 2.57. The lowest BCUT2D eigenvalue weighted by Crippen LogP contribution is -2.65. The summed E-state index contributed by atoms with van der Waals surface area (Å²) in [6.45, 7) is 10.5. The second kappa shape index (κ2) is 3.58. The fourth-order valence-corrected chi connectivity index (χ4v) is 2.36. The van der Waals surface area contributed by atoms with Crippen molar-refractivity contribution in [3.63, 3.8) is 0 Å². The number of likely N-dealkylation sites (tertiary alicyclic amines) is 1. The molecule has 0 atom stereocenters. The third kappa shape index (κ3) is 2.05. The van der Waals surface area contributed by atoms with E-state index in [0.717, 1.165) is 19.1 Å². The predicted molar refractivity (Wildman–Crippen MR) is 53.8 cm³/mol. The van der Waals surface area contributed by atoms with Crippen molar-refractivity contribution in [3.05, 3.63) is 0 Å². The van der Waals surface area contributed by atoms with Gasteiger partial charge in [0.2, 0.25) is 0 Å². The summed E-state index contributed by atoms with van der Waals surface area (Å²) < 4.78 is 5.24. The van der Waals surface area contributed by atoms with Gasteiger partial charge in [-0.25, -0.2) is 0 Å². The summed E-state index contributed by atoms with van der Waals surface area (Å²) in [6.07, 6.45) is 2.74. The molecule has 2 rings (SSSR count). The standard InChI is InChI=1S/C11H21NO/c1-10(2)4-3-5-12-6-11(7-12)8-13-9-11/h10H,3-9H2,1-2H3. The van der Waals surface area contributed by atoms with E-state index in [4.69, 9.17) is 4.74 Å². The average Bonchev–Trinajstić information content (AvgIpc) is 1.89. The first-order chi connectivity index (χ1) is 6.20. The van der Waals surface area contributed by atoms with Crippen molar-refractivity contribution in [1.82, 2.24) is 4.90 Å². The maximum Gasteiger partial charge on any atom is 0.0569 e. The molecule has 2 heteroatoms. The van der Waals surface area contributed by atoms with E-state index < -0.39 is 0 Å². The van der Waals surface area contributed by atoms with E-state index >= 15 is 0 Å². The van der Waals surface area contributed by atoms with Crippen LogP contribution in [0.25, 0.3) is 0 Å². The highest BCUT2D eigenvalue weighted by molar-refractivity contribution is 4.99. The number of hydrogen-bond donors (Lipinski definition) is 0. The molecule has 0 aliphatic carbocycles. The minimum atomic E-state index is 0.609. The molecule has 13 heavy (non-hydrogen) atoms. The van der Waals surface area contributed by atoms with Crippen LogP contribution in [0, 0.1) is 11.3 Å². The lowest BCUT2D eigenvalue weighted by atomic mass is 9.78. The maximum atomic E-state index is 5.24. The van der Waals surface area contributed by atoms with Gasteiger partial charge in [-0.1, -0.05) is 13.8 Å². The largest absolute Gasteiger partial charge is 0.380 e. The Kier molecular flexibility index (Phi) is 2.61. The molecule has 2 heterocycles. The van der Waals surface area contributed by atoms with Crippen molar-refractivity contribution < 1.29 is 4.74 Å². The molecular formula is C11H21NO. The summed E-state index contributed by atoms with van der Waals surface area (Å²) >= 11 is 0. The molecule has 0 aromatic rings. The second-order valence-corrected chi connectivity index (χ2v) is 5.24. The molecule has 2 fully saturated rings. The average molecular weight is 183 g/mol. The third-order valence-corrected chi connectivity index (χ3v) is 3.19. The highest BCUT2D eigenvalue weighted by atomic mass is 16.5. The highest BCUT2D eigenvalue weighted by Gasteiger charge is 2.48. The summed E-state index contributed by atoms with van der Waals surface area (Å²) in [7, 11) is 0. The smallest absolute Gasteiger partial charge is 0.0569 e. The van der Waals surface area contributed by atoms with Crippen molar-refractivity contribution in [1.29, 1.82) is 0 Å². The first kappa shape index (κ1) is 9.47. The van der Waals surface area contributed by atoms with E-state index in [1.165, 1.54) is 32.5 Å². The lowest BCUT2D eigenvalue weighted by molar-refractivity contribution is -0.188. The molecule has 0 aromatic carbocycles. The molecule has 0 bridgehead atoms. The Balaban J connectivity index is 1.54. The van der Waals surface area contributed by atoms with Crippen LogP contribution in [0.1, 0.15) is 26.7 Å². The molecule has 2 nitrogen and oxygen atoms in total. The third-order valence-electron chi connectivity index (χ3n) is 3.19. The van der Waals surface area contributed by atoms with Gasteiger partial charge in [-0.05, 0) is 25.3 Å². The SMILES string of the molecule is CC(C)CCCN1CC2(COC2)C1. The fourth-order valence-electron chi connectivity index (χ4n) is 2.36. The first-order valence-electron chi connectivity index (χ1n) is 5.50. The van der Waals surface area contributed by atoms with Gasteiger partial charge in [-0.3, -0.25) is 0 Å². The van der Waals surface area contributed by atoms with Crippen LogP contribution in [-0.2, 0) is 4.74 Å². The van der Waals surface area contributed by atoms with Gasteiger partial charge in [0.25, 0.3) is 0 Å². The molecule has 0 amide bonds. The van der Waals surface area contributed by atoms with Crippen LogP contribution in [0.3, 0.4) is 0 Å². The van der Waals surface area contributed by atoms with Gasteiger partial charge in [0.15, 0.2) is 0 Å². The van der Waals surface area contributed by atoms with E-state index in [9.17, 15) is 0 Å². The zero-order valence-corrected chi connectivity index (χ0v) is 8.88. The zero-order chi connectivity index (χ0) is 9.31. The van der Waals surface area contributed by atoms with Crippen LogP contribution in [0.15, 0.2) is 0 Å². The van der Waals surface area contributed by atoms with Gasteiger partial charge in [-0.2, -0.15) is 0 Å². The van der Waals surface area contributed by atoms with E-state index in [1.807, 2.05) is 0 Å². The Morgan fingerprint density at radius 2 is 2.00 bits per heavy atom. The van der Waals surface area contributed by atoms with Crippen LogP contribution in [0.2, 0.25) is 0 Å². The summed E-state index contributed by atoms with van der Waals surface area (Å²) in [5.74, 6) is 0.863. The van der Waals surface area contributed by atoms with Crippen LogP contribution >= 0.6 is 0 Å². The molecule has 1 spiro atoms. The van der Waals surface area contributed by atoms with Crippen LogP contribution in [0.4, 0.5) is 0 Å². The number of hydrogen-bond acceptors (Lipinski definition) is 2. The molecule has 0 N–H and O–H groups in total. The Hall–Kier alpha value is -0.0800. The van der Waals surface area contributed by atoms with Gasteiger partial charge in [-0.15, -0.1) is 0 Å². The minimum Gasteiger partial charge on any atom is -0.380 e. The maximum absolute atomic E-state index is 5.24. The zero-order valence-electron chi connectivity index (χ0n) is 8.88. The molecule has 0 radical (unpaired) electrons. The van der Waals surface area contributed by atoms with Crippen molar-refractivity contribution >= 4 is 0 Å². The topological polar surface area (TPSA) is 12.5 Å². The van der Waals surface area contributed by atoms with Gasteiger partial charge in [0.05, 0.1) is 13.2 Å². The summed E-state index contributed by atoms with van der Waals surface area (Å²) in [5.41, 5.74) is 0.609. The minimum absolute atomic E-state index is 0.609. The predicted octanol–water partition coefficient (Wildman–Crippen LogP) is 1.75. The molecule has 2 aliphatic rings. The van der Waals surface area contributed by atoms with Gasteiger partial charge in [0, 0.05) is 18.5 Å². The van der Waals surface area contributed by atoms with Crippen molar-refractivity contribution in [2.24, 2.45) is 11.3 Å². The fraction of sp³-hybridized carbons (Fsp3) is 1.00. The van der Waals surface area contributed by atoms with E-state index in [2.05, 4.69) is 18.7 Å². The normalized spacial score (nSPS) is 26.1. The molecule has 2 saturated heterocycles. The monoisotopic (exact) mass is 183 g/mol. The number of rotatable bonds is 4. The van der Waals surface area contributed by atoms with Crippen molar-refractivity contribution in [2.75, 3.05) is 32.8 Å². The molecular weight excluding hydrogens is 162 g/mol. The number of ether oxygens (including phenoxy) is 1. The molecule has 0 unspecified atom stereocenters. The van der Waals surface area contributed by atoms with Crippen molar-refractivity contribution in [3.8, 4) is 0 Å². The van der Waals surface area contributed by atoms with Gasteiger partial charge < -0.3 is 9.64 Å². The quantitative estimate of drug-likeness (QED) is 0.658. The molecule has 0 aromatic heterocycles. The van der Waals surface area contributed by atoms with Crippen LogP contribution < -0.4 is 0 Å². The van der Waals surface area contributed by atoms with Crippen molar-refractivity contribution in [2.45, 2.75) is 26.7 Å². The van der Waals surface area contributed by atoms with E-state index in [-0.39, 0.29) is 0 Å². The molecule has 0 saturated carbocycles. The van der Waals surface area contributed by atoms with Crippen LogP contribution in [-0.4, -0.2) is 37.7 Å². The second-order valence-electron chi connectivity index (χ2n) is 5.24. The first-order valence-corrected chi connectivity index (χ1v) is 5.50. The molecule has 76 valence electrons. The summed E-state index contributed by atoms with van der Waals surface area (Å²) in [6, 6.07) is 0. The lowest BCUT2D eigenvalue weighted by Gasteiger charge is -2.55. The Labute approximate surface area is 81.3 Å². The Morgan fingerprint density at radius 1 is 1.31 bits per heavy atom. The Morgan fingerprint density at radius 3 is 2.46 bits per heavy atom. The van der Waals surface area contributed by atoms with E-state index in [0.29, 0.717) is 5.41 Å². The number of nitrogens with zero attached hydrogens (tertiary/aromatic N) is 1. The van der Waals surface area contributed by atoms with E-state index in [1.54, 1.807) is 0 Å². The van der Waals surface area contributed by atoms with Gasteiger partial charge >= 0.3 is 0 Å². The summed E-state index contributed by atoms with van der Waals surface area (Å²) in [5, 5.41) is 0. The highest BCUT2D eigenvalue weighted by Crippen LogP contribution is 2.37. The molecule has 2 aliphatic heterocycles. The van der Waals surface area contributed by atoms with Gasteiger partial charge in [0.1, 0.15) is 0 Å².